The van der Waals surface area contributed by atoms with Gasteiger partial charge in [-0.1, -0.05) is 29.8 Å². The average Bonchev–Trinajstić information content (AvgIpc) is 3.57. The number of hydrogen-bond donors (Lipinski definition) is 1. The van der Waals surface area contributed by atoms with Crippen molar-refractivity contribution in [2.45, 2.75) is 50.7 Å². The fraction of sp³-hybridized carbons (Fsp3) is 0.500. The average molecular weight is 377 g/mol. The van der Waals surface area contributed by atoms with Crippen molar-refractivity contribution in [3.8, 4) is 0 Å². The summed E-state index contributed by atoms with van der Waals surface area (Å²) in [7, 11) is 0. The van der Waals surface area contributed by atoms with Crippen LogP contribution >= 0.6 is 0 Å². The lowest BCUT2D eigenvalue weighted by Gasteiger charge is -2.56. The summed E-state index contributed by atoms with van der Waals surface area (Å²) in [5.41, 5.74) is 3.57. The number of piperazine rings is 1. The number of carbonyl (C=O) groups is 1. The molecule has 1 aromatic heterocycles. The van der Waals surface area contributed by atoms with E-state index < -0.39 is 0 Å². The molecule has 1 N–H and O–H groups in total. The van der Waals surface area contributed by atoms with Crippen molar-refractivity contribution in [2.75, 3.05) is 24.5 Å². The molecule has 3 aliphatic heterocycles. The molecule has 6 rings (SSSR count). The van der Waals surface area contributed by atoms with E-state index in [-0.39, 0.29) is 5.91 Å². The Balaban J connectivity index is 1.14. The minimum atomic E-state index is 0.113. The normalized spacial score (nSPS) is 24.0. The fourth-order valence-corrected chi connectivity index (χ4v) is 4.40. The smallest absolute Gasteiger partial charge is 0.234 e. The third kappa shape index (κ3) is 3.61. The molecule has 1 amide bonds. The van der Waals surface area contributed by atoms with Crippen molar-refractivity contribution in [1.82, 2.24) is 20.2 Å². The van der Waals surface area contributed by atoms with Gasteiger partial charge >= 0.3 is 0 Å². The first-order valence-corrected chi connectivity index (χ1v) is 10.3. The first kappa shape index (κ1) is 17.6. The predicted octanol–water partition coefficient (Wildman–Crippen LogP) is 2.24. The molecule has 3 saturated heterocycles. The minimum Gasteiger partial charge on any atom is -0.353 e. The molecule has 2 unspecified atom stereocenters. The van der Waals surface area contributed by atoms with Crippen molar-refractivity contribution in [1.29, 1.82) is 0 Å². The SMILES string of the molecule is Cc1ccc(CNC(=O)CN2C3CC2CN(c2cc(C4CC4)ncn2)C3)cc1. The summed E-state index contributed by atoms with van der Waals surface area (Å²) in [5, 5.41) is 3.06. The number of piperidine rings is 1. The number of nitrogens with zero attached hydrogens (tertiary/aromatic N) is 4. The number of fused-ring (bicyclic) bond motifs is 2. The molecular weight excluding hydrogens is 350 g/mol. The summed E-state index contributed by atoms with van der Waals surface area (Å²) in [6.45, 7) is 5.06. The number of aryl methyl sites for hydroxylation is 1. The lowest BCUT2D eigenvalue weighted by Crippen LogP contribution is -2.70. The standard InChI is InChI=1S/C22H27N5O/c1-15-2-4-16(5-3-15)10-23-22(28)13-27-18-8-19(27)12-26(11-18)21-9-20(17-6-7-17)24-14-25-21/h2-5,9,14,17-19H,6-8,10-13H2,1H3,(H,23,28). The number of hydrogen-bond acceptors (Lipinski definition) is 5. The van der Waals surface area contributed by atoms with E-state index in [1.54, 1.807) is 6.33 Å². The summed E-state index contributed by atoms with van der Waals surface area (Å²) in [6.07, 6.45) is 5.40. The van der Waals surface area contributed by atoms with Gasteiger partial charge in [0, 0.05) is 49.4 Å². The van der Waals surface area contributed by atoms with E-state index in [1.807, 2.05) is 0 Å². The topological polar surface area (TPSA) is 61.4 Å². The van der Waals surface area contributed by atoms with Crippen LogP contribution in [0.15, 0.2) is 36.7 Å². The zero-order valence-electron chi connectivity index (χ0n) is 16.3. The molecular formula is C22H27N5O. The van der Waals surface area contributed by atoms with Crippen molar-refractivity contribution >= 4 is 11.7 Å². The number of nitrogens with one attached hydrogen (secondary N) is 1. The molecule has 1 aromatic carbocycles. The fourth-order valence-electron chi connectivity index (χ4n) is 4.40. The Morgan fingerprint density at radius 3 is 2.61 bits per heavy atom. The maximum atomic E-state index is 12.4. The third-order valence-electron chi connectivity index (χ3n) is 6.27. The van der Waals surface area contributed by atoms with Gasteiger partial charge < -0.3 is 10.2 Å². The van der Waals surface area contributed by atoms with Gasteiger partial charge in [-0.05, 0) is 31.7 Å². The summed E-state index contributed by atoms with van der Waals surface area (Å²) in [5.74, 6) is 1.81. The first-order chi connectivity index (χ1) is 13.7. The van der Waals surface area contributed by atoms with E-state index in [0.717, 1.165) is 24.5 Å². The number of carbonyl (C=O) groups excluding carboxylic acids is 1. The Kier molecular flexibility index (Phi) is 4.51. The van der Waals surface area contributed by atoms with E-state index in [1.165, 1.54) is 30.5 Å². The molecule has 2 bridgehead atoms. The van der Waals surface area contributed by atoms with Crippen LogP contribution in [0.2, 0.25) is 0 Å². The maximum Gasteiger partial charge on any atom is 0.234 e. The summed E-state index contributed by atoms with van der Waals surface area (Å²) >= 11 is 0. The van der Waals surface area contributed by atoms with Gasteiger partial charge in [0.15, 0.2) is 0 Å². The monoisotopic (exact) mass is 377 g/mol. The Hall–Kier alpha value is -2.47. The number of rotatable bonds is 6. The summed E-state index contributed by atoms with van der Waals surface area (Å²) < 4.78 is 0. The molecule has 0 spiro atoms. The van der Waals surface area contributed by atoms with Crippen molar-refractivity contribution < 1.29 is 4.79 Å². The molecule has 1 saturated carbocycles. The number of aromatic nitrogens is 2. The molecule has 2 atom stereocenters. The van der Waals surface area contributed by atoms with Gasteiger partial charge in [0.05, 0.1) is 6.54 Å². The minimum absolute atomic E-state index is 0.113. The van der Waals surface area contributed by atoms with Gasteiger partial charge in [-0.2, -0.15) is 0 Å². The van der Waals surface area contributed by atoms with Crippen LogP contribution in [-0.2, 0) is 11.3 Å². The largest absolute Gasteiger partial charge is 0.353 e. The van der Waals surface area contributed by atoms with Gasteiger partial charge in [-0.3, -0.25) is 9.69 Å². The van der Waals surface area contributed by atoms with Gasteiger partial charge in [-0.25, -0.2) is 9.97 Å². The third-order valence-corrected chi connectivity index (χ3v) is 6.27. The van der Waals surface area contributed by atoms with E-state index in [0.29, 0.717) is 31.1 Å². The highest BCUT2D eigenvalue weighted by atomic mass is 16.2. The van der Waals surface area contributed by atoms with Crippen LogP contribution in [0.3, 0.4) is 0 Å². The van der Waals surface area contributed by atoms with Crippen LogP contribution in [0, 0.1) is 6.92 Å². The second-order valence-corrected chi connectivity index (χ2v) is 8.46. The molecule has 6 heteroatoms. The van der Waals surface area contributed by atoms with Crippen LogP contribution in [-0.4, -0.2) is 52.5 Å². The highest BCUT2D eigenvalue weighted by Crippen LogP contribution is 2.40. The number of anilines is 1. The molecule has 4 heterocycles. The van der Waals surface area contributed by atoms with Crippen LogP contribution in [0.5, 0.6) is 0 Å². The van der Waals surface area contributed by atoms with Crippen molar-refractivity contribution in [3.05, 3.63) is 53.5 Å². The Morgan fingerprint density at radius 1 is 1.14 bits per heavy atom. The summed E-state index contributed by atoms with van der Waals surface area (Å²) in [4.78, 5) is 26.1. The first-order valence-electron chi connectivity index (χ1n) is 10.3. The molecule has 146 valence electrons. The van der Waals surface area contributed by atoms with Crippen molar-refractivity contribution in [2.24, 2.45) is 0 Å². The second kappa shape index (κ2) is 7.17. The second-order valence-electron chi connectivity index (χ2n) is 8.46. The van der Waals surface area contributed by atoms with Crippen LogP contribution in [0.1, 0.15) is 42.0 Å². The van der Waals surface area contributed by atoms with Gasteiger partial charge in [0.2, 0.25) is 5.91 Å². The van der Waals surface area contributed by atoms with E-state index in [9.17, 15) is 4.79 Å². The van der Waals surface area contributed by atoms with E-state index >= 15 is 0 Å². The molecule has 6 nitrogen and oxygen atoms in total. The lowest BCUT2D eigenvalue weighted by atomic mass is 9.87. The lowest BCUT2D eigenvalue weighted by molar-refractivity contribution is -0.127. The summed E-state index contributed by atoms with van der Waals surface area (Å²) in [6, 6.07) is 11.4. The highest BCUT2D eigenvalue weighted by molar-refractivity contribution is 5.78. The molecule has 2 aromatic rings. The Morgan fingerprint density at radius 2 is 1.89 bits per heavy atom. The quantitative estimate of drug-likeness (QED) is 0.837. The van der Waals surface area contributed by atoms with Gasteiger partial charge in [0.1, 0.15) is 12.1 Å². The Bertz CT molecular complexity index is 851. The zero-order valence-corrected chi connectivity index (χ0v) is 16.3. The Labute approximate surface area is 166 Å². The highest BCUT2D eigenvalue weighted by Gasteiger charge is 2.45. The van der Waals surface area contributed by atoms with Gasteiger partial charge in [-0.15, -0.1) is 0 Å². The van der Waals surface area contributed by atoms with E-state index in [4.69, 9.17) is 0 Å². The van der Waals surface area contributed by atoms with Crippen LogP contribution < -0.4 is 10.2 Å². The molecule has 28 heavy (non-hydrogen) atoms. The maximum absolute atomic E-state index is 12.4. The molecule has 4 fully saturated rings. The predicted molar refractivity (Wildman–Crippen MR) is 108 cm³/mol. The van der Waals surface area contributed by atoms with Crippen LogP contribution in [0.25, 0.3) is 0 Å². The molecule has 0 radical (unpaired) electrons. The zero-order chi connectivity index (χ0) is 19.1. The van der Waals surface area contributed by atoms with E-state index in [2.05, 4.69) is 62.3 Å². The number of benzene rings is 1. The molecule has 1 aliphatic carbocycles. The van der Waals surface area contributed by atoms with Crippen LogP contribution in [0.4, 0.5) is 5.82 Å². The number of amides is 1. The van der Waals surface area contributed by atoms with Gasteiger partial charge in [0.25, 0.3) is 0 Å². The van der Waals surface area contributed by atoms with Crippen molar-refractivity contribution in [3.63, 3.8) is 0 Å². The molecule has 4 aliphatic rings.